The number of anilines is 2. The highest BCUT2D eigenvalue weighted by Crippen LogP contribution is 2.20. The zero-order valence-electron chi connectivity index (χ0n) is 13.5. The first kappa shape index (κ1) is 15.5. The zero-order chi connectivity index (χ0) is 16.1. The van der Waals surface area contributed by atoms with E-state index in [9.17, 15) is 4.79 Å². The number of aromatic amines is 1. The van der Waals surface area contributed by atoms with Crippen LogP contribution in [0.2, 0.25) is 0 Å². The van der Waals surface area contributed by atoms with Gasteiger partial charge in [0.2, 0.25) is 0 Å². The second kappa shape index (κ2) is 7.26. The van der Waals surface area contributed by atoms with Gasteiger partial charge in [-0.05, 0) is 43.9 Å². The van der Waals surface area contributed by atoms with Gasteiger partial charge in [0, 0.05) is 18.8 Å². The number of nitrogens with zero attached hydrogens (tertiary/aromatic N) is 3. The van der Waals surface area contributed by atoms with E-state index in [0.717, 1.165) is 37.3 Å². The normalized spacial score (nSPS) is 14.7. The smallest absolute Gasteiger partial charge is 0.277 e. The van der Waals surface area contributed by atoms with Gasteiger partial charge in [-0.2, -0.15) is 5.10 Å². The van der Waals surface area contributed by atoms with Crippen LogP contribution in [-0.4, -0.2) is 34.2 Å². The Morgan fingerprint density at radius 3 is 2.83 bits per heavy atom. The zero-order valence-corrected chi connectivity index (χ0v) is 13.5. The summed E-state index contributed by atoms with van der Waals surface area (Å²) in [5.41, 5.74) is 2.49. The highest BCUT2D eigenvalue weighted by molar-refractivity contribution is 6.02. The van der Waals surface area contributed by atoms with Gasteiger partial charge in [0.25, 0.3) is 5.91 Å². The number of carbonyl (C=O) groups is 1. The number of pyridine rings is 1. The van der Waals surface area contributed by atoms with Crippen LogP contribution >= 0.6 is 0 Å². The molecule has 0 aliphatic carbocycles. The topological polar surface area (TPSA) is 73.9 Å². The van der Waals surface area contributed by atoms with Crippen molar-refractivity contribution in [1.29, 1.82) is 0 Å². The van der Waals surface area contributed by atoms with E-state index in [4.69, 9.17) is 0 Å². The molecule has 1 saturated heterocycles. The van der Waals surface area contributed by atoms with E-state index in [1.165, 1.54) is 19.3 Å². The number of nitrogens with one attached hydrogen (secondary N) is 2. The average molecular weight is 313 g/mol. The summed E-state index contributed by atoms with van der Waals surface area (Å²) in [6, 6.07) is 5.66. The van der Waals surface area contributed by atoms with Crippen LogP contribution in [0, 0.1) is 0 Å². The van der Waals surface area contributed by atoms with E-state index in [0.29, 0.717) is 11.5 Å². The molecule has 2 aromatic heterocycles. The van der Waals surface area contributed by atoms with Gasteiger partial charge in [0.15, 0.2) is 5.69 Å². The molecule has 1 fully saturated rings. The van der Waals surface area contributed by atoms with Crippen molar-refractivity contribution in [3.63, 3.8) is 0 Å². The Labute approximate surface area is 136 Å². The number of hydrogen-bond donors (Lipinski definition) is 2. The van der Waals surface area contributed by atoms with Gasteiger partial charge in [-0.15, -0.1) is 0 Å². The molecule has 2 aromatic rings. The van der Waals surface area contributed by atoms with Crippen molar-refractivity contribution in [2.45, 2.75) is 39.0 Å². The summed E-state index contributed by atoms with van der Waals surface area (Å²) in [6.07, 6.45) is 7.51. The van der Waals surface area contributed by atoms with Crippen molar-refractivity contribution in [2.24, 2.45) is 0 Å². The molecule has 3 rings (SSSR count). The largest absolute Gasteiger partial charge is 0.370 e. The molecule has 1 aliphatic heterocycles. The third-order valence-corrected chi connectivity index (χ3v) is 4.09. The maximum Gasteiger partial charge on any atom is 0.277 e. The first-order chi connectivity index (χ1) is 11.3. The van der Waals surface area contributed by atoms with Gasteiger partial charge in [-0.25, -0.2) is 4.98 Å². The molecule has 0 saturated carbocycles. The molecule has 1 amide bonds. The highest BCUT2D eigenvalue weighted by Gasteiger charge is 2.13. The van der Waals surface area contributed by atoms with E-state index < -0.39 is 0 Å². The van der Waals surface area contributed by atoms with Gasteiger partial charge in [-0.1, -0.05) is 13.3 Å². The molecule has 3 heterocycles. The Hall–Kier alpha value is -2.37. The fourth-order valence-corrected chi connectivity index (χ4v) is 2.85. The first-order valence-corrected chi connectivity index (χ1v) is 8.33. The van der Waals surface area contributed by atoms with Crippen LogP contribution in [0.1, 0.15) is 48.8 Å². The van der Waals surface area contributed by atoms with Crippen LogP contribution in [0.25, 0.3) is 0 Å². The van der Waals surface area contributed by atoms with Gasteiger partial charge in [0.1, 0.15) is 5.82 Å². The second-order valence-electron chi connectivity index (χ2n) is 5.93. The minimum absolute atomic E-state index is 0.234. The predicted molar refractivity (Wildman–Crippen MR) is 90.8 cm³/mol. The molecule has 0 bridgehead atoms. The quantitative estimate of drug-likeness (QED) is 0.890. The number of hydrogen-bond acceptors (Lipinski definition) is 4. The van der Waals surface area contributed by atoms with Crippen molar-refractivity contribution in [1.82, 2.24) is 15.2 Å². The van der Waals surface area contributed by atoms with E-state index in [1.807, 2.05) is 18.3 Å². The summed E-state index contributed by atoms with van der Waals surface area (Å²) < 4.78 is 0. The van der Waals surface area contributed by atoms with Gasteiger partial charge < -0.3 is 10.2 Å². The lowest BCUT2D eigenvalue weighted by molar-refractivity contribution is 0.102. The van der Waals surface area contributed by atoms with Crippen LogP contribution < -0.4 is 10.2 Å². The second-order valence-corrected chi connectivity index (χ2v) is 5.93. The maximum atomic E-state index is 12.2. The summed E-state index contributed by atoms with van der Waals surface area (Å²) in [7, 11) is 0. The first-order valence-electron chi connectivity index (χ1n) is 8.33. The number of amides is 1. The molecule has 0 unspecified atom stereocenters. The lowest BCUT2D eigenvalue weighted by atomic mass is 10.1. The maximum absolute atomic E-state index is 12.2. The monoisotopic (exact) mass is 313 g/mol. The number of aryl methyl sites for hydroxylation is 1. The van der Waals surface area contributed by atoms with Crippen LogP contribution in [0.4, 0.5) is 11.5 Å². The lowest BCUT2D eigenvalue weighted by Crippen LogP contribution is -2.29. The summed E-state index contributed by atoms with van der Waals surface area (Å²) in [4.78, 5) is 18.9. The minimum Gasteiger partial charge on any atom is -0.370 e. The Balaban J connectivity index is 1.61. The number of rotatable bonds is 5. The molecule has 0 radical (unpaired) electrons. The van der Waals surface area contributed by atoms with Crippen molar-refractivity contribution < 1.29 is 4.79 Å². The summed E-state index contributed by atoms with van der Waals surface area (Å²) in [5.74, 6) is 0.317. The third kappa shape index (κ3) is 3.88. The summed E-state index contributed by atoms with van der Waals surface area (Å²) in [5, 5.41) is 9.73. The molecule has 1 aliphatic rings. The molecule has 0 atom stereocenters. The summed E-state index contributed by atoms with van der Waals surface area (Å²) >= 11 is 0. The Morgan fingerprint density at radius 1 is 1.30 bits per heavy atom. The van der Waals surface area contributed by atoms with E-state index in [2.05, 4.69) is 32.3 Å². The van der Waals surface area contributed by atoms with Crippen molar-refractivity contribution >= 4 is 17.4 Å². The standard InChI is InChI=1S/C17H23N5O/c1-2-6-13-11-15(21-20-13)17(23)19-16-8-7-14(12-18-16)22-9-4-3-5-10-22/h7-8,11-12H,2-6,9-10H2,1H3,(H,20,21)(H,18,19,23). The molecular weight excluding hydrogens is 290 g/mol. The van der Waals surface area contributed by atoms with Crippen molar-refractivity contribution in [3.05, 3.63) is 35.8 Å². The average Bonchev–Trinajstić information content (AvgIpc) is 3.06. The van der Waals surface area contributed by atoms with Crippen molar-refractivity contribution in [2.75, 3.05) is 23.3 Å². The van der Waals surface area contributed by atoms with Crippen LogP contribution in [-0.2, 0) is 6.42 Å². The summed E-state index contributed by atoms with van der Waals surface area (Å²) in [6.45, 7) is 4.26. The SMILES string of the molecule is CCCc1cc(C(=O)Nc2ccc(N3CCCCC3)cn2)n[nH]1. The predicted octanol–water partition coefficient (Wildman–Crippen LogP) is 3.00. The van der Waals surface area contributed by atoms with Gasteiger partial charge in [0.05, 0.1) is 11.9 Å². The molecule has 6 nitrogen and oxygen atoms in total. The minimum atomic E-state index is -0.234. The number of carbonyl (C=O) groups excluding carboxylic acids is 1. The fourth-order valence-electron chi connectivity index (χ4n) is 2.85. The van der Waals surface area contributed by atoms with Gasteiger partial charge >= 0.3 is 0 Å². The molecule has 122 valence electrons. The van der Waals surface area contributed by atoms with E-state index in [1.54, 1.807) is 6.07 Å². The molecular formula is C17H23N5O. The molecule has 0 spiro atoms. The van der Waals surface area contributed by atoms with Crippen LogP contribution in [0.15, 0.2) is 24.4 Å². The molecule has 6 heteroatoms. The van der Waals surface area contributed by atoms with Crippen LogP contribution in [0.5, 0.6) is 0 Å². The third-order valence-electron chi connectivity index (χ3n) is 4.09. The Bertz CT molecular complexity index is 643. The Morgan fingerprint density at radius 2 is 2.13 bits per heavy atom. The van der Waals surface area contributed by atoms with E-state index in [-0.39, 0.29) is 5.91 Å². The molecule has 23 heavy (non-hydrogen) atoms. The number of aromatic nitrogens is 3. The van der Waals surface area contributed by atoms with Gasteiger partial charge in [-0.3, -0.25) is 9.89 Å². The Kier molecular flexibility index (Phi) is 4.90. The highest BCUT2D eigenvalue weighted by atomic mass is 16.2. The van der Waals surface area contributed by atoms with Crippen molar-refractivity contribution in [3.8, 4) is 0 Å². The lowest BCUT2D eigenvalue weighted by Gasteiger charge is -2.28. The van der Waals surface area contributed by atoms with E-state index >= 15 is 0 Å². The number of H-pyrrole nitrogens is 1. The fraction of sp³-hybridized carbons (Fsp3) is 0.471. The number of piperidine rings is 1. The molecule has 2 N–H and O–H groups in total. The molecule has 0 aromatic carbocycles. The van der Waals surface area contributed by atoms with Crippen LogP contribution in [0.3, 0.4) is 0 Å².